The molecule has 4 heteroatoms. The Bertz CT molecular complexity index is 812. The maximum absolute atomic E-state index is 11.4. The van der Waals surface area contributed by atoms with E-state index in [0.717, 1.165) is 30.6 Å². The Labute approximate surface area is 174 Å². The monoisotopic (exact) mass is 396 g/mol. The molecule has 0 bridgehead atoms. The Kier molecular flexibility index (Phi) is 7.32. The minimum atomic E-state index is -0.217. The number of rotatable bonds is 7. The molecule has 0 aromatic heterocycles. The van der Waals surface area contributed by atoms with Crippen LogP contribution in [0.3, 0.4) is 0 Å². The predicted molar refractivity (Wildman–Crippen MR) is 114 cm³/mol. The van der Waals surface area contributed by atoms with Crippen LogP contribution in [0.15, 0.2) is 42.5 Å². The molecule has 0 aliphatic carbocycles. The van der Waals surface area contributed by atoms with Gasteiger partial charge in [-0.25, -0.2) is 0 Å². The summed E-state index contributed by atoms with van der Waals surface area (Å²) in [5.74, 6) is 0.685. The highest BCUT2D eigenvalue weighted by molar-refractivity contribution is 5.66. The summed E-state index contributed by atoms with van der Waals surface area (Å²) in [4.78, 5) is 11.4. The minimum Gasteiger partial charge on any atom is -0.494 e. The molecule has 3 atom stereocenters. The van der Waals surface area contributed by atoms with Crippen molar-refractivity contribution in [3.8, 4) is 5.75 Å². The lowest BCUT2D eigenvalue weighted by atomic mass is 9.91. The van der Waals surface area contributed by atoms with Gasteiger partial charge in [0.05, 0.1) is 18.8 Å². The highest BCUT2D eigenvalue weighted by Crippen LogP contribution is 2.35. The number of hydrogen-bond donors (Lipinski definition) is 0. The molecule has 3 unspecified atom stereocenters. The number of hydrogen-bond acceptors (Lipinski definition) is 4. The number of benzene rings is 2. The second-order valence-electron chi connectivity index (χ2n) is 7.80. The molecule has 1 fully saturated rings. The molecular weight excluding hydrogens is 364 g/mol. The van der Waals surface area contributed by atoms with Crippen molar-refractivity contribution in [1.29, 1.82) is 0 Å². The normalized spacial score (nSPS) is 21.6. The van der Waals surface area contributed by atoms with Crippen LogP contribution >= 0.6 is 0 Å². The van der Waals surface area contributed by atoms with Gasteiger partial charge in [0, 0.05) is 19.8 Å². The van der Waals surface area contributed by atoms with Crippen molar-refractivity contribution in [3.63, 3.8) is 0 Å². The number of aryl methyl sites for hydroxylation is 1. The van der Waals surface area contributed by atoms with Crippen LogP contribution in [0.5, 0.6) is 5.75 Å². The molecule has 4 nitrogen and oxygen atoms in total. The third kappa shape index (κ3) is 5.83. The summed E-state index contributed by atoms with van der Waals surface area (Å²) in [7, 11) is 0. The third-order valence-corrected chi connectivity index (χ3v) is 5.52. The molecule has 0 spiro atoms. The Hall–Kier alpha value is -2.33. The van der Waals surface area contributed by atoms with Gasteiger partial charge in [-0.05, 0) is 61.1 Å². The minimum absolute atomic E-state index is 0.0438. The Balaban J connectivity index is 1.77. The molecule has 0 saturated carbocycles. The van der Waals surface area contributed by atoms with Crippen LogP contribution in [-0.4, -0.2) is 24.8 Å². The lowest BCUT2D eigenvalue weighted by molar-refractivity contribution is -0.160. The molecule has 1 saturated heterocycles. The zero-order valence-corrected chi connectivity index (χ0v) is 17.9. The van der Waals surface area contributed by atoms with Gasteiger partial charge in [-0.2, -0.15) is 0 Å². The van der Waals surface area contributed by atoms with Gasteiger partial charge in [0.15, 0.2) is 0 Å². The van der Waals surface area contributed by atoms with Crippen molar-refractivity contribution < 1.29 is 19.0 Å². The molecule has 0 radical (unpaired) electrons. The van der Waals surface area contributed by atoms with Gasteiger partial charge in [-0.3, -0.25) is 4.79 Å². The summed E-state index contributed by atoms with van der Waals surface area (Å²) in [6, 6.07) is 14.9. The molecule has 1 heterocycles. The Morgan fingerprint density at radius 3 is 2.52 bits per heavy atom. The first-order chi connectivity index (χ1) is 14.0. The molecule has 0 N–H and O–H groups in total. The van der Waals surface area contributed by atoms with Crippen LogP contribution in [0.1, 0.15) is 68.4 Å². The molecule has 3 rings (SSSR count). The van der Waals surface area contributed by atoms with Crippen LogP contribution < -0.4 is 4.74 Å². The van der Waals surface area contributed by atoms with E-state index >= 15 is 0 Å². The first-order valence-corrected chi connectivity index (χ1v) is 10.6. The summed E-state index contributed by atoms with van der Waals surface area (Å²) < 4.78 is 17.4. The third-order valence-electron chi connectivity index (χ3n) is 5.52. The predicted octanol–water partition coefficient (Wildman–Crippen LogP) is 5.55. The first-order valence-electron chi connectivity index (χ1n) is 10.6. The molecule has 29 heavy (non-hydrogen) atoms. The topological polar surface area (TPSA) is 44.8 Å². The lowest BCUT2D eigenvalue weighted by Crippen LogP contribution is -2.33. The molecule has 2 aromatic rings. The molecule has 2 aromatic carbocycles. The van der Waals surface area contributed by atoms with Gasteiger partial charge in [-0.15, -0.1) is 0 Å². The van der Waals surface area contributed by atoms with Crippen molar-refractivity contribution in [1.82, 2.24) is 0 Å². The van der Waals surface area contributed by atoms with Crippen molar-refractivity contribution in [2.24, 2.45) is 0 Å². The Morgan fingerprint density at radius 2 is 1.86 bits per heavy atom. The van der Waals surface area contributed by atoms with Crippen LogP contribution in [-0.2, 0) is 20.7 Å². The van der Waals surface area contributed by atoms with E-state index < -0.39 is 0 Å². The summed E-state index contributed by atoms with van der Waals surface area (Å²) in [5, 5.41) is 0. The van der Waals surface area contributed by atoms with E-state index in [0.29, 0.717) is 13.0 Å². The highest BCUT2D eigenvalue weighted by Gasteiger charge is 2.31. The van der Waals surface area contributed by atoms with Gasteiger partial charge in [0.2, 0.25) is 0 Å². The summed E-state index contributed by atoms with van der Waals surface area (Å²) in [6.07, 6.45) is 3.26. The van der Waals surface area contributed by atoms with E-state index in [1.165, 1.54) is 23.6 Å². The van der Waals surface area contributed by atoms with Gasteiger partial charge in [-0.1, -0.05) is 37.3 Å². The summed E-state index contributed by atoms with van der Waals surface area (Å²) in [5.41, 5.74) is 4.97. The molecule has 1 aliphatic rings. The zero-order chi connectivity index (χ0) is 20.8. The van der Waals surface area contributed by atoms with Gasteiger partial charge in [0.1, 0.15) is 11.9 Å². The maximum atomic E-state index is 11.4. The van der Waals surface area contributed by atoms with Crippen molar-refractivity contribution in [2.45, 2.75) is 71.7 Å². The number of esters is 1. The fourth-order valence-corrected chi connectivity index (χ4v) is 3.95. The highest BCUT2D eigenvalue weighted by atomic mass is 16.6. The van der Waals surface area contributed by atoms with Crippen LogP contribution in [0.2, 0.25) is 0 Å². The van der Waals surface area contributed by atoms with Crippen molar-refractivity contribution in [3.05, 3.63) is 64.7 Å². The second-order valence-corrected chi connectivity index (χ2v) is 7.80. The van der Waals surface area contributed by atoms with Crippen molar-refractivity contribution >= 4 is 5.97 Å². The van der Waals surface area contributed by atoms with Gasteiger partial charge in [0.25, 0.3) is 0 Å². The van der Waals surface area contributed by atoms with Gasteiger partial charge >= 0.3 is 5.97 Å². The fourth-order valence-electron chi connectivity index (χ4n) is 3.95. The average Bonchev–Trinajstić information content (AvgIpc) is 2.70. The van der Waals surface area contributed by atoms with E-state index in [4.69, 9.17) is 14.2 Å². The van der Waals surface area contributed by atoms with E-state index in [2.05, 4.69) is 44.2 Å². The average molecular weight is 397 g/mol. The van der Waals surface area contributed by atoms with E-state index in [1.807, 2.05) is 19.1 Å². The Morgan fingerprint density at radius 1 is 1.10 bits per heavy atom. The number of carbonyl (C=O) groups excluding carboxylic acids is 1. The molecule has 156 valence electrons. The van der Waals surface area contributed by atoms with Gasteiger partial charge < -0.3 is 14.2 Å². The van der Waals surface area contributed by atoms with E-state index in [9.17, 15) is 4.79 Å². The zero-order valence-electron chi connectivity index (χ0n) is 17.9. The SMILES string of the molecule is CCOc1ccc(Cc2cc(C3CC(OC(C)=O)CC(CC)O3)ccc2C)cc1. The molecular formula is C25H32O4. The van der Waals surface area contributed by atoms with Crippen LogP contribution in [0.4, 0.5) is 0 Å². The summed E-state index contributed by atoms with van der Waals surface area (Å²) in [6.45, 7) is 8.41. The molecule has 0 amide bonds. The number of carbonyl (C=O) groups is 1. The standard InChI is InChI=1S/C25H32O4/c1-5-22-15-24(28-18(4)26)16-25(29-22)20-10-7-17(3)21(14-20)13-19-8-11-23(12-9-19)27-6-2/h7-12,14,22,24-25H,5-6,13,15-16H2,1-4H3. The first kappa shape index (κ1) is 21.4. The van der Waals surface area contributed by atoms with Crippen LogP contribution in [0, 0.1) is 6.92 Å². The summed E-state index contributed by atoms with van der Waals surface area (Å²) >= 11 is 0. The second kappa shape index (κ2) is 9.93. The van der Waals surface area contributed by atoms with Crippen LogP contribution in [0.25, 0.3) is 0 Å². The molecule has 1 aliphatic heterocycles. The van der Waals surface area contributed by atoms with Crippen molar-refractivity contribution in [2.75, 3.05) is 6.61 Å². The quantitative estimate of drug-likeness (QED) is 0.576. The lowest BCUT2D eigenvalue weighted by Gasteiger charge is -2.35. The maximum Gasteiger partial charge on any atom is 0.302 e. The largest absolute Gasteiger partial charge is 0.494 e. The van der Waals surface area contributed by atoms with E-state index in [1.54, 1.807) is 0 Å². The number of ether oxygens (including phenoxy) is 3. The fraction of sp³-hybridized carbons (Fsp3) is 0.480. The smallest absolute Gasteiger partial charge is 0.302 e. The van der Waals surface area contributed by atoms with E-state index in [-0.39, 0.29) is 24.3 Å².